The van der Waals surface area contributed by atoms with Crippen LogP contribution in [-0.4, -0.2) is 41.4 Å². The van der Waals surface area contributed by atoms with E-state index >= 15 is 0 Å². The highest BCUT2D eigenvalue weighted by Crippen LogP contribution is 2.42. The minimum Gasteiger partial charge on any atom is -0.376 e. The molecule has 0 aromatic carbocycles. The first-order valence-electron chi connectivity index (χ1n) is 8.16. The van der Waals surface area contributed by atoms with Gasteiger partial charge >= 0.3 is 0 Å². The van der Waals surface area contributed by atoms with Crippen molar-refractivity contribution >= 4 is 5.78 Å². The molecule has 1 atom stereocenters. The molecule has 114 valence electrons. The molecule has 4 rings (SSSR count). The number of nitrogens with one attached hydrogen (secondary N) is 1. The lowest BCUT2D eigenvalue weighted by molar-refractivity contribution is 0.0790. The smallest absolute Gasteiger partial charge is 0.181 e. The van der Waals surface area contributed by atoms with Crippen LogP contribution >= 0.6 is 0 Å². The van der Waals surface area contributed by atoms with Crippen LogP contribution in [0.1, 0.15) is 48.2 Å². The first-order valence-corrected chi connectivity index (χ1v) is 8.16. The summed E-state index contributed by atoms with van der Waals surface area (Å²) >= 11 is 0. The van der Waals surface area contributed by atoms with Crippen molar-refractivity contribution in [3.05, 3.63) is 17.5 Å². The van der Waals surface area contributed by atoms with Gasteiger partial charge in [-0.25, -0.2) is 0 Å². The SMILES string of the molecule is O=C1CC2(CCNCC2)Cc2cnn(CC3CCCO3)c21. The molecule has 2 saturated heterocycles. The zero-order valence-electron chi connectivity index (χ0n) is 12.4. The molecule has 2 aliphatic heterocycles. The number of Topliss-reactive ketones (excluding diaryl/α,β-unsaturated/α-hetero) is 1. The first-order chi connectivity index (χ1) is 10.3. The second-order valence-corrected chi connectivity index (χ2v) is 6.86. The summed E-state index contributed by atoms with van der Waals surface area (Å²) in [6.45, 7) is 3.65. The van der Waals surface area contributed by atoms with Gasteiger partial charge in [0.1, 0.15) is 5.69 Å². The Hall–Kier alpha value is -1.20. The quantitative estimate of drug-likeness (QED) is 0.897. The molecule has 0 amide bonds. The third kappa shape index (κ3) is 2.42. The second-order valence-electron chi connectivity index (χ2n) is 6.86. The Morgan fingerprint density at radius 2 is 2.24 bits per heavy atom. The number of ketones is 1. The predicted octanol–water partition coefficient (Wildman–Crippen LogP) is 1.56. The predicted molar refractivity (Wildman–Crippen MR) is 78.4 cm³/mol. The summed E-state index contributed by atoms with van der Waals surface area (Å²) in [5, 5.41) is 7.89. The van der Waals surface area contributed by atoms with Crippen molar-refractivity contribution in [1.82, 2.24) is 15.1 Å². The molecular formula is C16H23N3O2. The van der Waals surface area contributed by atoms with Crippen LogP contribution in [0.3, 0.4) is 0 Å². The summed E-state index contributed by atoms with van der Waals surface area (Å²) in [6.07, 6.45) is 8.28. The summed E-state index contributed by atoms with van der Waals surface area (Å²) in [4.78, 5) is 12.7. The average Bonchev–Trinajstić information content (AvgIpc) is 3.10. The number of piperidine rings is 1. The summed E-state index contributed by atoms with van der Waals surface area (Å²) in [5.41, 5.74) is 2.20. The van der Waals surface area contributed by atoms with E-state index in [2.05, 4.69) is 10.4 Å². The maximum absolute atomic E-state index is 12.7. The molecule has 1 aromatic rings. The number of nitrogens with zero attached hydrogens (tertiary/aromatic N) is 2. The maximum atomic E-state index is 12.7. The van der Waals surface area contributed by atoms with Gasteiger partial charge in [0, 0.05) is 18.6 Å². The second kappa shape index (κ2) is 5.21. The Morgan fingerprint density at radius 1 is 1.38 bits per heavy atom. The lowest BCUT2D eigenvalue weighted by Crippen LogP contribution is -2.42. The van der Waals surface area contributed by atoms with Crippen molar-refractivity contribution in [1.29, 1.82) is 0 Å². The molecule has 5 heteroatoms. The number of hydrogen-bond donors (Lipinski definition) is 1. The fourth-order valence-electron chi connectivity index (χ4n) is 4.20. The molecule has 0 saturated carbocycles. The normalized spacial score (nSPS) is 28.0. The number of aromatic nitrogens is 2. The number of hydrogen-bond acceptors (Lipinski definition) is 4. The van der Waals surface area contributed by atoms with Gasteiger partial charge in [-0.3, -0.25) is 9.48 Å². The summed E-state index contributed by atoms with van der Waals surface area (Å²) < 4.78 is 7.59. The summed E-state index contributed by atoms with van der Waals surface area (Å²) in [6, 6.07) is 0. The van der Waals surface area contributed by atoms with Crippen molar-refractivity contribution in [2.24, 2.45) is 5.41 Å². The van der Waals surface area contributed by atoms with Crippen molar-refractivity contribution < 1.29 is 9.53 Å². The van der Waals surface area contributed by atoms with Gasteiger partial charge < -0.3 is 10.1 Å². The molecule has 3 heterocycles. The molecule has 0 radical (unpaired) electrons. The molecule has 5 nitrogen and oxygen atoms in total. The van der Waals surface area contributed by atoms with Gasteiger partial charge in [-0.2, -0.15) is 5.10 Å². The molecular weight excluding hydrogens is 266 g/mol. The van der Waals surface area contributed by atoms with Gasteiger partial charge in [0.25, 0.3) is 0 Å². The molecule has 1 aliphatic carbocycles. The number of rotatable bonds is 2. The van der Waals surface area contributed by atoms with E-state index < -0.39 is 0 Å². The van der Waals surface area contributed by atoms with Crippen LogP contribution < -0.4 is 5.32 Å². The van der Waals surface area contributed by atoms with E-state index in [9.17, 15) is 4.79 Å². The molecule has 0 bridgehead atoms. The maximum Gasteiger partial charge on any atom is 0.181 e. The van der Waals surface area contributed by atoms with Crippen molar-refractivity contribution in [3.8, 4) is 0 Å². The lowest BCUT2D eigenvalue weighted by atomic mass is 9.67. The Kier molecular flexibility index (Phi) is 3.34. The Morgan fingerprint density at radius 3 is 3.00 bits per heavy atom. The number of carbonyl (C=O) groups excluding carboxylic acids is 1. The highest BCUT2D eigenvalue weighted by atomic mass is 16.5. The average molecular weight is 289 g/mol. The van der Waals surface area contributed by atoms with Crippen LogP contribution in [0.5, 0.6) is 0 Å². The van der Waals surface area contributed by atoms with Crippen LogP contribution in [0.2, 0.25) is 0 Å². The van der Waals surface area contributed by atoms with Crippen molar-refractivity contribution in [2.75, 3.05) is 19.7 Å². The van der Waals surface area contributed by atoms with E-state index in [1.807, 2.05) is 10.9 Å². The van der Waals surface area contributed by atoms with E-state index in [0.29, 0.717) is 6.42 Å². The van der Waals surface area contributed by atoms with Gasteiger partial charge in [0.2, 0.25) is 0 Å². The third-order valence-corrected chi connectivity index (χ3v) is 5.35. The van der Waals surface area contributed by atoms with Crippen LogP contribution in [0.15, 0.2) is 6.20 Å². The van der Waals surface area contributed by atoms with Gasteiger partial charge in [-0.05, 0) is 50.6 Å². The molecule has 2 fully saturated rings. The molecule has 21 heavy (non-hydrogen) atoms. The summed E-state index contributed by atoms with van der Waals surface area (Å²) in [7, 11) is 0. The minimum absolute atomic E-state index is 0.188. The highest BCUT2D eigenvalue weighted by Gasteiger charge is 2.41. The van der Waals surface area contributed by atoms with E-state index in [1.54, 1.807) is 0 Å². The van der Waals surface area contributed by atoms with Crippen LogP contribution in [0.4, 0.5) is 0 Å². The zero-order chi connectivity index (χ0) is 14.3. The minimum atomic E-state index is 0.188. The molecule has 3 aliphatic rings. The molecule has 1 unspecified atom stereocenters. The highest BCUT2D eigenvalue weighted by molar-refractivity contribution is 5.97. The van der Waals surface area contributed by atoms with E-state index in [-0.39, 0.29) is 17.3 Å². The van der Waals surface area contributed by atoms with Crippen LogP contribution in [-0.2, 0) is 17.7 Å². The number of fused-ring (bicyclic) bond motifs is 1. The zero-order valence-corrected chi connectivity index (χ0v) is 12.4. The lowest BCUT2D eigenvalue weighted by Gasteiger charge is -2.39. The topological polar surface area (TPSA) is 56.2 Å². The fourth-order valence-corrected chi connectivity index (χ4v) is 4.20. The number of carbonyl (C=O) groups is 1. The molecule has 1 N–H and O–H groups in total. The van der Waals surface area contributed by atoms with E-state index in [4.69, 9.17) is 4.74 Å². The Balaban J connectivity index is 1.58. The van der Waals surface area contributed by atoms with Gasteiger partial charge in [0.15, 0.2) is 5.78 Å². The Labute approximate surface area is 125 Å². The van der Waals surface area contributed by atoms with Gasteiger partial charge in [-0.15, -0.1) is 0 Å². The van der Waals surface area contributed by atoms with E-state index in [1.165, 1.54) is 0 Å². The third-order valence-electron chi connectivity index (χ3n) is 5.35. The van der Waals surface area contributed by atoms with Crippen molar-refractivity contribution in [2.45, 2.75) is 51.2 Å². The van der Waals surface area contributed by atoms with Crippen molar-refractivity contribution in [3.63, 3.8) is 0 Å². The van der Waals surface area contributed by atoms with E-state index in [0.717, 1.165) is 69.6 Å². The monoisotopic (exact) mass is 289 g/mol. The Bertz CT molecular complexity index is 540. The first kappa shape index (κ1) is 13.5. The molecule has 1 aromatic heterocycles. The largest absolute Gasteiger partial charge is 0.376 e. The van der Waals surface area contributed by atoms with Crippen LogP contribution in [0.25, 0.3) is 0 Å². The standard InChI is InChI=1S/C16H23N3O2/c20-14-9-16(3-5-17-6-4-16)8-12-10-18-19(15(12)14)11-13-2-1-7-21-13/h10,13,17H,1-9,11H2. The fraction of sp³-hybridized carbons (Fsp3) is 0.750. The van der Waals surface area contributed by atoms with Gasteiger partial charge in [-0.1, -0.05) is 0 Å². The van der Waals surface area contributed by atoms with Gasteiger partial charge in [0.05, 0.1) is 18.8 Å². The number of ether oxygens (including phenoxy) is 1. The summed E-state index contributed by atoms with van der Waals surface area (Å²) in [5.74, 6) is 0.286. The van der Waals surface area contributed by atoms with Crippen LogP contribution in [0, 0.1) is 5.41 Å². The molecule has 1 spiro atoms.